The quantitative estimate of drug-likeness (QED) is 0.628. The second-order valence-electron chi connectivity index (χ2n) is 7.07. The summed E-state index contributed by atoms with van der Waals surface area (Å²) in [5, 5.41) is 16.6. The van der Waals surface area contributed by atoms with Crippen molar-refractivity contribution in [1.29, 1.82) is 5.26 Å². The van der Waals surface area contributed by atoms with Crippen molar-refractivity contribution >= 4 is 5.97 Å². The second-order valence-corrected chi connectivity index (χ2v) is 7.07. The predicted octanol–water partition coefficient (Wildman–Crippen LogP) is 3.06. The number of nitrogens with two attached hydrogens (primary N) is 1. The molecule has 2 aromatic heterocycles. The third-order valence-electron chi connectivity index (χ3n) is 5.37. The number of carbonyl (C=O) groups excluding carboxylic acids is 1. The number of pyridine rings is 1. The maximum atomic E-state index is 12.4. The number of nitrogens with one attached hydrogen (secondary N) is 1. The smallest absolute Gasteiger partial charge is 0.316 e. The Morgan fingerprint density at radius 3 is 2.69 bits per heavy atom. The standard InChI is InChI=1S/C22H21N5O2/c1-2-29-21(28)22(7-8-22)18-5-3-14(9-16(18)10-23)15-4-6-19(25-12-15)17-13-26-27-20(17)11-24/h3-6,9,12-13H,2,7-8,11,24H2,1H3,(H,26,27). The number of aromatic amines is 1. The van der Waals surface area contributed by atoms with E-state index in [-0.39, 0.29) is 5.97 Å². The van der Waals surface area contributed by atoms with Crippen molar-refractivity contribution < 1.29 is 9.53 Å². The zero-order valence-electron chi connectivity index (χ0n) is 16.1. The molecule has 7 nitrogen and oxygen atoms in total. The summed E-state index contributed by atoms with van der Waals surface area (Å²) in [4.78, 5) is 16.9. The van der Waals surface area contributed by atoms with Gasteiger partial charge in [0.1, 0.15) is 0 Å². The first kappa shape index (κ1) is 18.8. The lowest BCUT2D eigenvalue weighted by molar-refractivity contribution is -0.146. The van der Waals surface area contributed by atoms with E-state index in [9.17, 15) is 10.1 Å². The van der Waals surface area contributed by atoms with Crippen LogP contribution in [0.2, 0.25) is 0 Å². The highest BCUT2D eigenvalue weighted by atomic mass is 16.5. The van der Waals surface area contributed by atoms with Crippen LogP contribution in [0.5, 0.6) is 0 Å². The predicted molar refractivity (Wildman–Crippen MR) is 107 cm³/mol. The van der Waals surface area contributed by atoms with Crippen LogP contribution in [0.15, 0.2) is 42.7 Å². The Kier molecular flexibility index (Phi) is 4.87. The molecule has 0 aliphatic heterocycles. The van der Waals surface area contributed by atoms with Crippen molar-refractivity contribution in [2.24, 2.45) is 5.73 Å². The minimum Gasteiger partial charge on any atom is -0.465 e. The Hall–Kier alpha value is -3.50. The van der Waals surface area contributed by atoms with E-state index in [1.807, 2.05) is 30.3 Å². The number of hydrogen-bond acceptors (Lipinski definition) is 6. The fourth-order valence-corrected chi connectivity index (χ4v) is 3.62. The number of aromatic nitrogens is 3. The maximum absolute atomic E-state index is 12.4. The van der Waals surface area contributed by atoms with Crippen molar-refractivity contribution in [3.05, 3.63) is 59.5 Å². The van der Waals surface area contributed by atoms with Gasteiger partial charge >= 0.3 is 5.97 Å². The molecule has 0 atom stereocenters. The first-order chi connectivity index (χ1) is 14.1. The van der Waals surface area contributed by atoms with Gasteiger partial charge in [-0.1, -0.05) is 18.2 Å². The fourth-order valence-electron chi connectivity index (χ4n) is 3.62. The van der Waals surface area contributed by atoms with Gasteiger partial charge in [-0.05, 0) is 43.0 Å². The number of carbonyl (C=O) groups is 1. The zero-order chi connectivity index (χ0) is 20.4. The number of benzene rings is 1. The normalized spacial score (nSPS) is 14.2. The Labute approximate surface area is 168 Å². The highest BCUT2D eigenvalue weighted by Gasteiger charge is 2.53. The molecule has 3 aromatic rings. The molecule has 0 radical (unpaired) electrons. The molecule has 0 saturated heterocycles. The number of nitriles is 1. The average Bonchev–Trinajstić information content (AvgIpc) is 3.43. The molecule has 1 aliphatic carbocycles. The van der Waals surface area contributed by atoms with E-state index >= 15 is 0 Å². The first-order valence-electron chi connectivity index (χ1n) is 9.54. The molecule has 29 heavy (non-hydrogen) atoms. The van der Waals surface area contributed by atoms with Crippen LogP contribution in [0.25, 0.3) is 22.4 Å². The van der Waals surface area contributed by atoms with Crippen LogP contribution in [0.4, 0.5) is 0 Å². The fraction of sp³-hybridized carbons (Fsp3) is 0.273. The van der Waals surface area contributed by atoms with Crippen LogP contribution in [-0.4, -0.2) is 27.8 Å². The number of ether oxygens (including phenoxy) is 1. The van der Waals surface area contributed by atoms with E-state index in [4.69, 9.17) is 10.5 Å². The molecule has 7 heteroatoms. The van der Waals surface area contributed by atoms with E-state index in [1.54, 1.807) is 19.3 Å². The van der Waals surface area contributed by atoms with Crippen LogP contribution in [0.1, 0.15) is 36.6 Å². The highest BCUT2D eigenvalue weighted by molar-refractivity contribution is 5.88. The van der Waals surface area contributed by atoms with Crippen molar-refractivity contribution in [1.82, 2.24) is 15.2 Å². The maximum Gasteiger partial charge on any atom is 0.316 e. The Morgan fingerprint density at radius 2 is 2.07 bits per heavy atom. The molecule has 0 amide bonds. The van der Waals surface area contributed by atoms with Gasteiger partial charge in [0.15, 0.2) is 0 Å². The lowest BCUT2D eigenvalue weighted by Gasteiger charge is -2.16. The number of rotatable bonds is 6. The highest BCUT2D eigenvalue weighted by Crippen LogP contribution is 2.50. The van der Waals surface area contributed by atoms with Gasteiger partial charge in [0.25, 0.3) is 0 Å². The molecular formula is C22H21N5O2. The molecule has 1 aliphatic rings. The topological polar surface area (TPSA) is 118 Å². The van der Waals surface area contributed by atoms with Crippen molar-refractivity contribution in [2.45, 2.75) is 31.7 Å². The van der Waals surface area contributed by atoms with Crippen molar-refractivity contribution in [2.75, 3.05) is 6.61 Å². The van der Waals surface area contributed by atoms with E-state index in [2.05, 4.69) is 21.3 Å². The summed E-state index contributed by atoms with van der Waals surface area (Å²) in [6, 6.07) is 11.7. The zero-order valence-corrected chi connectivity index (χ0v) is 16.1. The lowest BCUT2D eigenvalue weighted by atomic mass is 9.89. The number of nitrogens with zero attached hydrogens (tertiary/aromatic N) is 3. The minimum absolute atomic E-state index is 0.244. The summed E-state index contributed by atoms with van der Waals surface area (Å²) in [5.41, 5.74) is 10.5. The Balaban J connectivity index is 1.65. The number of H-pyrrole nitrogens is 1. The summed E-state index contributed by atoms with van der Waals surface area (Å²) < 4.78 is 5.23. The molecule has 0 unspecified atom stereocenters. The molecule has 0 spiro atoms. The SMILES string of the molecule is CCOC(=O)C1(c2ccc(-c3ccc(-c4cn[nH]c4CN)nc3)cc2C#N)CC1. The van der Waals surface area contributed by atoms with Gasteiger partial charge in [-0.3, -0.25) is 14.9 Å². The summed E-state index contributed by atoms with van der Waals surface area (Å²) in [6.07, 6.45) is 4.89. The van der Waals surface area contributed by atoms with Crippen LogP contribution < -0.4 is 5.73 Å². The molecular weight excluding hydrogens is 366 g/mol. The first-order valence-corrected chi connectivity index (χ1v) is 9.54. The van der Waals surface area contributed by atoms with Gasteiger partial charge in [-0.2, -0.15) is 10.4 Å². The monoisotopic (exact) mass is 387 g/mol. The van der Waals surface area contributed by atoms with Gasteiger partial charge < -0.3 is 10.5 Å². The summed E-state index contributed by atoms with van der Waals surface area (Å²) in [6.45, 7) is 2.48. The number of hydrogen-bond donors (Lipinski definition) is 2. The number of esters is 1. The van der Waals surface area contributed by atoms with E-state index in [0.29, 0.717) is 31.6 Å². The lowest BCUT2D eigenvalue weighted by Crippen LogP contribution is -2.24. The largest absolute Gasteiger partial charge is 0.465 e. The van der Waals surface area contributed by atoms with E-state index in [1.165, 1.54) is 0 Å². The summed E-state index contributed by atoms with van der Waals surface area (Å²) in [7, 11) is 0. The third kappa shape index (κ3) is 3.28. The van der Waals surface area contributed by atoms with Crippen LogP contribution in [-0.2, 0) is 21.5 Å². The summed E-state index contributed by atoms with van der Waals surface area (Å²) >= 11 is 0. The van der Waals surface area contributed by atoms with Gasteiger partial charge in [0.05, 0.1) is 41.2 Å². The Morgan fingerprint density at radius 1 is 1.28 bits per heavy atom. The van der Waals surface area contributed by atoms with Crippen molar-refractivity contribution in [3.8, 4) is 28.5 Å². The molecule has 3 N–H and O–H groups in total. The minimum atomic E-state index is -0.665. The second kappa shape index (κ2) is 7.49. The molecule has 1 saturated carbocycles. The third-order valence-corrected chi connectivity index (χ3v) is 5.37. The van der Waals surface area contributed by atoms with Crippen LogP contribution in [0.3, 0.4) is 0 Å². The molecule has 1 aromatic carbocycles. The molecule has 0 bridgehead atoms. The molecule has 2 heterocycles. The van der Waals surface area contributed by atoms with Crippen molar-refractivity contribution in [3.63, 3.8) is 0 Å². The van der Waals surface area contributed by atoms with Crippen LogP contribution >= 0.6 is 0 Å². The molecule has 1 fully saturated rings. The van der Waals surface area contributed by atoms with E-state index in [0.717, 1.165) is 33.6 Å². The van der Waals surface area contributed by atoms with Crippen LogP contribution in [0, 0.1) is 11.3 Å². The van der Waals surface area contributed by atoms with Gasteiger partial charge in [0, 0.05) is 23.9 Å². The molecule has 146 valence electrons. The van der Waals surface area contributed by atoms with Gasteiger partial charge in [0.2, 0.25) is 0 Å². The van der Waals surface area contributed by atoms with Gasteiger partial charge in [-0.25, -0.2) is 0 Å². The van der Waals surface area contributed by atoms with Gasteiger partial charge in [-0.15, -0.1) is 0 Å². The Bertz CT molecular complexity index is 1090. The van der Waals surface area contributed by atoms with E-state index < -0.39 is 5.41 Å². The summed E-state index contributed by atoms with van der Waals surface area (Å²) in [5.74, 6) is -0.244. The average molecular weight is 387 g/mol. The molecule has 4 rings (SSSR count).